The SMILES string of the molecule is CN1CCN(c2ccc(N)cc2NC(=O)c2cccs2)CC1. The van der Waals surface area contributed by atoms with Crippen molar-refractivity contribution in [2.45, 2.75) is 0 Å². The van der Waals surface area contributed by atoms with Crippen LogP contribution >= 0.6 is 11.3 Å². The first-order chi connectivity index (χ1) is 10.6. The number of hydrogen-bond donors (Lipinski definition) is 2. The molecule has 1 saturated heterocycles. The monoisotopic (exact) mass is 316 g/mol. The Morgan fingerprint density at radius 2 is 2.00 bits per heavy atom. The van der Waals surface area contributed by atoms with Crippen LogP contribution in [0.5, 0.6) is 0 Å². The number of anilines is 3. The van der Waals surface area contributed by atoms with Gasteiger partial charge in [0, 0.05) is 31.9 Å². The quantitative estimate of drug-likeness (QED) is 0.853. The van der Waals surface area contributed by atoms with Gasteiger partial charge in [0.15, 0.2) is 0 Å². The first kappa shape index (κ1) is 14.9. The molecule has 1 aromatic heterocycles. The normalized spacial score (nSPS) is 15.8. The van der Waals surface area contributed by atoms with E-state index in [1.54, 1.807) is 0 Å². The minimum atomic E-state index is -0.0871. The Morgan fingerprint density at radius 1 is 1.23 bits per heavy atom. The molecule has 1 aromatic carbocycles. The molecule has 2 heterocycles. The van der Waals surface area contributed by atoms with Crippen LogP contribution in [-0.2, 0) is 0 Å². The number of nitrogens with zero attached hydrogens (tertiary/aromatic N) is 2. The molecule has 2 aromatic rings. The van der Waals surface area contributed by atoms with Gasteiger partial charge in [-0.1, -0.05) is 6.07 Å². The molecule has 1 aliphatic rings. The molecule has 3 N–H and O–H groups in total. The maximum atomic E-state index is 12.3. The van der Waals surface area contributed by atoms with Gasteiger partial charge in [-0.25, -0.2) is 0 Å². The average molecular weight is 316 g/mol. The fraction of sp³-hybridized carbons (Fsp3) is 0.312. The minimum Gasteiger partial charge on any atom is -0.399 e. The van der Waals surface area contributed by atoms with Crippen molar-refractivity contribution in [2.75, 3.05) is 49.2 Å². The summed E-state index contributed by atoms with van der Waals surface area (Å²) in [6.45, 7) is 3.93. The van der Waals surface area contributed by atoms with Crippen molar-refractivity contribution in [3.05, 3.63) is 40.6 Å². The van der Waals surface area contributed by atoms with Crippen molar-refractivity contribution in [2.24, 2.45) is 0 Å². The summed E-state index contributed by atoms with van der Waals surface area (Å²) in [5.74, 6) is -0.0871. The van der Waals surface area contributed by atoms with Gasteiger partial charge in [0.25, 0.3) is 5.91 Å². The minimum absolute atomic E-state index is 0.0871. The number of amides is 1. The Bertz CT molecular complexity index is 648. The van der Waals surface area contributed by atoms with Crippen LogP contribution in [0.2, 0.25) is 0 Å². The van der Waals surface area contributed by atoms with E-state index in [4.69, 9.17) is 5.73 Å². The number of thiophene rings is 1. The lowest BCUT2D eigenvalue weighted by Crippen LogP contribution is -2.44. The van der Waals surface area contributed by atoms with E-state index in [2.05, 4.69) is 22.2 Å². The van der Waals surface area contributed by atoms with Gasteiger partial charge in [0.05, 0.1) is 16.3 Å². The van der Waals surface area contributed by atoms with Crippen molar-refractivity contribution >= 4 is 34.3 Å². The summed E-state index contributed by atoms with van der Waals surface area (Å²) in [6.07, 6.45) is 0. The van der Waals surface area contributed by atoms with Crippen LogP contribution in [0.1, 0.15) is 9.67 Å². The lowest BCUT2D eigenvalue weighted by molar-refractivity contribution is 0.103. The predicted octanol–water partition coefficient (Wildman–Crippen LogP) is 2.33. The van der Waals surface area contributed by atoms with E-state index in [1.807, 2.05) is 35.7 Å². The molecule has 0 radical (unpaired) electrons. The van der Waals surface area contributed by atoms with E-state index in [0.29, 0.717) is 10.6 Å². The van der Waals surface area contributed by atoms with Crippen LogP contribution < -0.4 is 16.0 Å². The van der Waals surface area contributed by atoms with Gasteiger partial charge >= 0.3 is 0 Å². The standard InChI is InChI=1S/C16H20N4OS/c1-19-6-8-20(9-7-19)14-5-4-12(17)11-13(14)18-16(21)15-3-2-10-22-15/h2-5,10-11H,6-9,17H2,1H3,(H,18,21). The molecule has 116 valence electrons. The molecule has 0 bridgehead atoms. The van der Waals surface area contributed by atoms with Crippen LogP contribution in [-0.4, -0.2) is 44.0 Å². The van der Waals surface area contributed by atoms with Gasteiger partial charge in [-0.05, 0) is 36.7 Å². The number of carbonyl (C=O) groups excluding carboxylic acids is 1. The third-order valence-electron chi connectivity index (χ3n) is 3.86. The molecule has 0 saturated carbocycles. The molecule has 0 spiro atoms. The highest BCUT2D eigenvalue weighted by molar-refractivity contribution is 7.12. The number of nitrogens with one attached hydrogen (secondary N) is 1. The molecule has 1 fully saturated rings. The molecule has 1 aliphatic heterocycles. The van der Waals surface area contributed by atoms with Crippen molar-refractivity contribution < 1.29 is 4.79 Å². The van der Waals surface area contributed by atoms with Crippen molar-refractivity contribution in [1.82, 2.24) is 4.90 Å². The highest BCUT2D eigenvalue weighted by atomic mass is 32.1. The smallest absolute Gasteiger partial charge is 0.265 e. The third-order valence-corrected chi connectivity index (χ3v) is 4.73. The Kier molecular flexibility index (Phi) is 4.31. The van der Waals surface area contributed by atoms with Gasteiger partial charge in [0.1, 0.15) is 0 Å². The summed E-state index contributed by atoms with van der Waals surface area (Å²) < 4.78 is 0. The molecular weight excluding hydrogens is 296 g/mol. The summed E-state index contributed by atoms with van der Waals surface area (Å²) in [5.41, 5.74) is 8.37. The topological polar surface area (TPSA) is 61.6 Å². The molecule has 3 rings (SSSR count). The number of benzene rings is 1. The maximum absolute atomic E-state index is 12.3. The van der Waals surface area contributed by atoms with Crippen molar-refractivity contribution in [3.63, 3.8) is 0 Å². The number of likely N-dealkylation sites (N-methyl/N-ethyl adjacent to an activating group) is 1. The van der Waals surface area contributed by atoms with Crippen LogP contribution in [0.4, 0.5) is 17.1 Å². The number of nitrogens with two attached hydrogens (primary N) is 1. The number of hydrogen-bond acceptors (Lipinski definition) is 5. The Labute approximate surface area is 134 Å². The summed E-state index contributed by atoms with van der Waals surface area (Å²) in [6, 6.07) is 9.40. The second kappa shape index (κ2) is 6.37. The molecule has 5 nitrogen and oxygen atoms in total. The van der Waals surface area contributed by atoms with Crippen LogP contribution in [0.25, 0.3) is 0 Å². The van der Waals surface area contributed by atoms with Gasteiger partial charge in [-0.15, -0.1) is 11.3 Å². The van der Waals surface area contributed by atoms with Crippen LogP contribution in [0.15, 0.2) is 35.7 Å². The highest BCUT2D eigenvalue weighted by Gasteiger charge is 2.18. The molecular formula is C16H20N4OS. The first-order valence-electron chi connectivity index (χ1n) is 7.31. The summed E-state index contributed by atoms with van der Waals surface area (Å²) in [7, 11) is 2.12. The van der Waals surface area contributed by atoms with Crippen molar-refractivity contribution in [3.8, 4) is 0 Å². The van der Waals surface area contributed by atoms with E-state index in [0.717, 1.165) is 37.6 Å². The van der Waals surface area contributed by atoms with Gasteiger partial charge in [-0.3, -0.25) is 4.79 Å². The highest BCUT2D eigenvalue weighted by Crippen LogP contribution is 2.29. The first-order valence-corrected chi connectivity index (χ1v) is 8.19. The maximum Gasteiger partial charge on any atom is 0.265 e. The lowest BCUT2D eigenvalue weighted by atomic mass is 10.2. The second-order valence-electron chi connectivity index (χ2n) is 5.50. The Morgan fingerprint density at radius 3 is 2.68 bits per heavy atom. The predicted molar refractivity (Wildman–Crippen MR) is 92.8 cm³/mol. The number of rotatable bonds is 3. The number of carbonyl (C=O) groups is 1. The zero-order valence-corrected chi connectivity index (χ0v) is 13.4. The average Bonchev–Trinajstić information content (AvgIpc) is 3.03. The van der Waals surface area contributed by atoms with Crippen molar-refractivity contribution in [1.29, 1.82) is 0 Å². The van der Waals surface area contributed by atoms with Crippen LogP contribution in [0.3, 0.4) is 0 Å². The fourth-order valence-electron chi connectivity index (χ4n) is 2.57. The largest absolute Gasteiger partial charge is 0.399 e. The zero-order valence-electron chi connectivity index (χ0n) is 12.6. The van der Waals surface area contributed by atoms with E-state index in [9.17, 15) is 4.79 Å². The van der Waals surface area contributed by atoms with Crippen LogP contribution in [0, 0.1) is 0 Å². The molecule has 1 amide bonds. The molecule has 0 atom stereocenters. The zero-order chi connectivity index (χ0) is 15.5. The number of nitrogen functional groups attached to an aromatic ring is 1. The summed E-state index contributed by atoms with van der Waals surface area (Å²) in [5, 5.41) is 4.90. The molecule has 0 aliphatic carbocycles. The van der Waals surface area contributed by atoms with Gasteiger partial charge < -0.3 is 20.9 Å². The molecule has 0 unspecified atom stereocenters. The fourth-order valence-corrected chi connectivity index (χ4v) is 3.19. The molecule has 22 heavy (non-hydrogen) atoms. The Balaban J connectivity index is 1.83. The van der Waals surface area contributed by atoms with E-state index < -0.39 is 0 Å². The summed E-state index contributed by atoms with van der Waals surface area (Å²) in [4.78, 5) is 17.6. The third kappa shape index (κ3) is 3.23. The van der Waals surface area contributed by atoms with Gasteiger partial charge in [-0.2, -0.15) is 0 Å². The van der Waals surface area contributed by atoms with E-state index in [1.165, 1.54) is 11.3 Å². The molecule has 6 heteroatoms. The van der Waals surface area contributed by atoms with E-state index >= 15 is 0 Å². The Hall–Kier alpha value is -2.05. The van der Waals surface area contributed by atoms with Gasteiger partial charge in [0.2, 0.25) is 0 Å². The van der Waals surface area contributed by atoms with E-state index in [-0.39, 0.29) is 5.91 Å². The lowest BCUT2D eigenvalue weighted by Gasteiger charge is -2.35. The summed E-state index contributed by atoms with van der Waals surface area (Å²) >= 11 is 1.43. The number of piperazine rings is 1. The second-order valence-corrected chi connectivity index (χ2v) is 6.45.